The highest BCUT2D eigenvalue weighted by Gasteiger charge is 2.44. The predicted octanol–water partition coefficient (Wildman–Crippen LogP) is 3.72. The largest absolute Gasteiger partial charge is 0.381 e. The van der Waals surface area contributed by atoms with Crippen molar-refractivity contribution in [3.8, 4) is 0 Å². The third kappa shape index (κ3) is 4.29. The minimum atomic E-state index is 0.0480. The number of benzene rings is 1. The molecule has 1 heterocycles. The lowest BCUT2D eigenvalue weighted by Gasteiger charge is -2.38. The molecule has 0 bridgehead atoms. The van der Waals surface area contributed by atoms with Gasteiger partial charge in [-0.1, -0.05) is 32.0 Å². The van der Waals surface area contributed by atoms with Crippen LogP contribution in [-0.2, 0) is 4.74 Å². The third-order valence-electron chi connectivity index (χ3n) is 6.82. The number of carbonyl (C=O) groups excluding carboxylic acids is 1. The van der Waals surface area contributed by atoms with Gasteiger partial charge in [0.1, 0.15) is 0 Å². The van der Waals surface area contributed by atoms with Gasteiger partial charge in [0.2, 0.25) is 0 Å². The van der Waals surface area contributed by atoms with E-state index in [0.717, 1.165) is 38.2 Å². The zero-order valence-corrected chi connectivity index (χ0v) is 16.5. The summed E-state index contributed by atoms with van der Waals surface area (Å²) in [6, 6.07) is 10.8. The van der Waals surface area contributed by atoms with Crippen molar-refractivity contribution >= 4 is 5.91 Å². The molecular formula is C22H34N2O2. The fraction of sp³-hybridized carbons (Fsp3) is 0.682. The van der Waals surface area contributed by atoms with E-state index in [1.807, 2.05) is 30.3 Å². The lowest BCUT2D eigenvalue weighted by atomic mass is 9.75. The van der Waals surface area contributed by atoms with Crippen molar-refractivity contribution in [1.29, 1.82) is 0 Å². The molecule has 0 unspecified atom stereocenters. The van der Waals surface area contributed by atoms with E-state index in [2.05, 4.69) is 31.1 Å². The molecule has 2 aliphatic rings. The fourth-order valence-electron chi connectivity index (χ4n) is 4.70. The molecule has 2 atom stereocenters. The van der Waals surface area contributed by atoms with Gasteiger partial charge in [-0.05, 0) is 62.6 Å². The van der Waals surface area contributed by atoms with Gasteiger partial charge in [0, 0.05) is 37.4 Å². The number of hydrogen-bond acceptors (Lipinski definition) is 3. The van der Waals surface area contributed by atoms with E-state index in [1.165, 1.54) is 19.3 Å². The average Bonchev–Trinajstić information content (AvgIpc) is 3.13. The molecule has 2 fully saturated rings. The standard InChI is InChI=1S/C22H34N2O2/c1-17(2)22(16-23-21(25)18-7-5-4-6-8-18)12-9-20(15-22)24(3)19-10-13-26-14-11-19/h4-8,17,19-20H,9-16H2,1-3H3,(H,23,25)/t20-,22-/m1/s1. The maximum absolute atomic E-state index is 12.5. The third-order valence-corrected chi connectivity index (χ3v) is 6.82. The Kier molecular flexibility index (Phi) is 6.36. The fourth-order valence-corrected chi connectivity index (χ4v) is 4.70. The lowest BCUT2D eigenvalue weighted by Crippen LogP contribution is -2.44. The van der Waals surface area contributed by atoms with Crippen molar-refractivity contribution < 1.29 is 9.53 Å². The van der Waals surface area contributed by atoms with Crippen molar-refractivity contribution in [3.63, 3.8) is 0 Å². The molecule has 1 aromatic rings. The molecule has 144 valence electrons. The first-order valence-electron chi connectivity index (χ1n) is 10.1. The Morgan fingerprint density at radius 3 is 2.54 bits per heavy atom. The van der Waals surface area contributed by atoms with Crippen LogP contribution in [0, 0.1) is 11.3 Å². The molecule has 1 amide bonds. The first kappa shape index (κ1) is 19.4. The van der Waals surface area contributed by atoms with Gasteiger partial charge < -0.3 is 15.0 Å². The summed E-state index contributed by atoms with van der Waals surface area (Å²) >= 11 is 0. The highest BCUT2D eigenvalue weighted by Crippen LogP contribution is 2.46. The van der Waals surface area contributed by atoms with Crippen LogP contribution >= 0.6 is 0 Å². The summed E-state index contributed by atoms with van der Waals surface area (Å²) in [4.78, 5) is 15.1. The number of amides is 1. The molecule has 1 aliphatic carbocycles. The molecule has 1 N–H and O–H groups in total. The summed E-state index contributed by atoms with van der Waals surface area (Å²) in [5.74, 6) is 0.610. The predicted molar refractivity (Wildman–Crippen MR) is 105 cm³/mol. The van der Waals surface area contributed by atoms with Crippen LogP contribution in [0.2, 0.25) is 0 Å². The molecule has 0 aromatic heterocycles. The lowest BCUT2D eigenvalue weighted by molar-refractivity contribution is 0.0260. The van der Waals surface area contributed by atoms with Crippen molar-refractivity contribution in [3.05, 3.63) is 35.9 Å². The van der Waals surface area contributed by atoms with E-state index in [1.54, 1.807) is 0 Å². The van der Waals surface area contributed by atoms with Crippen molar-refractivity contribution in [1.82, 2.24) is 10.2 Å². The van der Waals surface area contributed by atoms with Crippen molar-refractivity contribution in [2.75, 3.05) is 26.8 Å². The second kappa shape index (κ2) is 8.53. The number of hydrogen-bond donors (Lipinski definition) is 1. The number of nitrogens with zero attached hydrogens (tertiary/aromatic N) is 1. The molecule has 4 heteroatoms. The Morgan fingerprint density at radius 1 is 1.19 bits per heavy atom. The van der Waals surface area contributed by atoms with Crippen LogP contribution in [-0.4, -0.2) is 49.7 Å². The average molecular weight is 359 g/mol. The summed E-state index contributed by atoms with van der Waals surface area (Å²) < 4.78 is 5.52. The maximum atomic E-state index is 12.5. The summed E-state index contributed by atoms with van der Waals surface area (Å²) in [7, 11) is 2.29. The Labute approximate surface area is 158 Å². The van der Waals surface area contributed by atoms with Crippen LogP contribution in [0.25, 0.3) is 0 Å². The summed E-state index contributed by atoms with van der Waals surface area (Å²) in [6.45, 7) is 7.18. The molecule has 4 nitrogen and oxygen atoms in total. The van der Waals surface area contributed by atoms with Gasteiger partial charge in [0.25, 0.3) is 5.91 Å². The van der Waals surface area contributed by atoms with Crippen LogP contribution in [0.4, 0.5) is 0 Å². The molecule has 1 aliphatic heterocycles. The van der Waals surface area contributed by atoms with Gasteiger partial charge in [0.05, 0.1) is 0 Å². The topological polar surface area (TPSA) is 41.6 Å². The highest BCUT2D eigenvalue weighted by atomic mass is 16.5. The van der Waals surface area contributed by atoms with Crippen LogP contribution in [0.5, 0.6) is 0 Å². The number of carbonyl (C=O) groups is 1. The summed E-state index contributed by atoms with van der Waals surface area (Å²) in [5.41, 5.74) is 0.953. The molecule has 0 radical (unpaired) electrons. The second-order valence-corrected chi connectivity index (χ2v) is 8.47. The van der Waals surface area contributed by atoms with E-state index in [-0.39, 0.29) is 11.3 Å². The monoisotopic (exact) mass is 358 g/mol. The number of ether oxygens (including phenoxy) is 1. The zero-order chi connectivity index (χ0) is 18.6. The van der Waals surface area contributed by atoms with E-state index in [9.17, 15) is 4.79 Å². The first-order valence-corrected chi connectivity index (χ1v) is 10.1. The number of rotatable bonds is 6. The maximum Gasteiger partial charge on any atom is 0.251 e. The van der Waals surface area contributed by atoms with Gasteiger partial charge in [-0.2, -0.15) is 0 Å². The highest BCUT2D eigenvalue weighted by molar-refractivity contribution is 5.94. The van der Waals surface area contributed by atoms with Crippen molar-refractivity contribution in [2.24, 2.45) is 11.3 Å². The Balaban J connectivity index is 1.61. The van der Waals surface area contributed by atoms with Crippen LogP contribution in [0.1, 0.15) is 56.3 Å². The quantitative estimate of drug-likeness (QED) is 0.843. The first-order chi connectivity index (χ1) is 12.5. The van der Waals surface area contributed by atoms with Gasteiger partial charge in [-0.25, -0.2) is 0 Å². The SMILES string of the molecule is CC(C)[C@]1(CNC(=O)c2ccccc2)CC[C@@H](N(C)C2CCOCC2)C1. The molecule has 1 saturated carbocycles. The Morgan fingerprint density at radius 2 is 1.88 bits per heavy atom. The molecule has 1 saturated heterocycles. The van der Waals surface area contributed by atoms with Gasteiger partial charge >= 0.3 is 0 Å². The van der Waals surface area contributed by atoms with Gasteiger partial charge in [-0.15, -0.1) is 0 Å². The minimum Gasteiger partial charge on any atom is -0.381 e. The second-order valence-electron chi connectivity index (χ2n) is 8.47. The molecule has 3 rings (SSSR count). The van der Waals surface area contributed by atoms with Crippen molar-refractivity contribution in [2.45, 2.75) is 58.0 Å². The summed E-state index contributed by atoms with van der Waals surface area (Å²) in [6.07, 6.45) is 5.89. The van der Waals surface area contributed by atoms with Gasteiger partial charge in [-0.3, -0.25) is 4.79 Å². The number of nitrogens with one attached hydrogen (secondary N) is 1. The normalized spacial score (nSPS) is 27.2. The molecule has 26 heavy (non-hydrogen) atoms. The molecular weight excluding hydrogens is 324 g/mol. The summed E-state index contributed by atoms with van der Waals surface area (Å²) in [5, 5.41) is 3.22. The smallest absolute Gasteiger partial charge is 0.251 e. The molecule has 0 spiro atoms. The zero-order valence-electron chi connectivity index (χ0n) is 16.5. The Hall–Kier alpha value is -1.39. The van der Waals surface area contributed by atoms with Crippen LogP contribution in [0.3, 0.4) is 0 Å². The van der Waals surface area contributed by atoms with E-state index in [4.69, 9.17) is 4.74 Å². The van der Waals surface area contributed by atoms with E-state index >= 15 is 0 Å². The van der Waals surface area contributed by atoms with Crippen LogP contribution in [0.15, 0.2) is 30.3 Å². The molecule has 1 aromatic carbocycles. The Bertz CT molecular complexity index is 583. The van der Waals surface area contributed by atoms with E-state index < -0.39 is 0 Å². The van der Waals surface area contributed by atoms with Gasteiger partial charge in [0.15, 0.2) is 0 Å². The van der Waals surface area contributed by atoms with Crippen LogP contribution < -0.4 is 5.32 Å². The minimum absolute atomic E-state index is 0.0480. The van der Waals surface area contributed by atoms with E-state index in [0.29, 0.717) is 18.0 Å².